The average Bonchev–Trinajstić information content (AvgIpc) is 2.65. The van der Waals surface area contributed by atoms with Crippen molar-refractivity contribution in [1.29, 1.82) is 0 Å². The highest BCUT2D eigenvalue weighted by atomic mass is 32.2. The van der Waals surface area contributed by atoms with E-state index in [4.69, 9.17) is 0 Å². The summed E-state index contributed by atoms with van der Waals surface area (Å²) in [6.07, 6.45) is 6.79. The van der Waals surface area contributed by atoms with E-state index in [0.717, 1.165) is 24.4 Å². The van der Waals surface area contributed by atoms with Crippen LogP contribution in [0.2, 0.25) is 0 Å². The fraction of sp³-hybridized carbons (Fsp3) is 0.667. The molecular weight excluding hydrogens is 184 g/mol. The number of aromatic nitrogens is 2. The second-order valence-corrected chi connectivity index (χ2v) is 4.68. The first kappa shape index (κ1) is 9.09. The Bertz CT molecular complexity index is 287. The van der Waals surface area contributed by atoms with Crippen molar-refractivity contribution >= 4 is 11.8 Å². The summed E-state index contributed by atoms with van der Waals surface area (Å²) in [6.45, 7) is 0. The fourth-order valence-electron chi connectivity index (χ4n) is 1.64. The molecule has 0 unspecified atom stereocenters. The van der Waals surface area contributed by atoms with Gasteiger partial charge in [-0.3, -0.25) is 0 Å². The van der Waals surface area contributed by atoms with E-state index in [1.807, 2.05) is 17.8 Å². The van der Waals surface area contributed by atoms with Crippen LogP contribution in [0.25, 0.3) is 0 Å². The van der Waals surface area contributed by atoms with Crippen molar-refractivity contribution in [2.45, 2.75) is 35.8 Å². The van der Waals surface area contributed by atoms with Gasteiger partial charge in [-0.2, -0.15) is 0 Å². The number of imidazole rings is 1. The Morgan fingerprint density at radius 1 is 1.62 bits per heavy atom. The number of aliphatic hydroxyl groups excluding tert-OH is 1. The van der Waals surface area contributed by atoms with E-state index in [2.05, 4.69) is 4.98 Å². The van der Waals surface area contributed by atoms with Gasteiger partial charge < -0.3 is 9.67 Å². The van der Waals surface area contributed by atoms with E-state index in [-0.39, 0.29) is 6.10 Å². The van der Waals surface area contributed by atoms with E-state index in [0.29, 0.717) is 5.25 Å². The van der Waals surface area contributed by atoms with Crippen LogP contribution in [0.15, 0.2) is 17.6 Å². The highest BCUT2D eigenvalue weighted by molar-refractivity contribution is 7.99. The zero-order chi connectivity index (χ0) is 9.26. The zero-order valence-electron chi connectivity index (χ0n) is 7.68. The van der Waals surface area contributed by atoms with Crippen molar-refractivity contribution in [1.82, 2.24) is 9.55 Å². The van der Waals surface area contributed by atoms with Crippen molar-refractivity contribution < 1.29 is 5.11 Å². The summed E-state index contributed by atoms with van der Waals surface area (Å²) < 4.78 is 2.00. The molecule has 1 aliphatic rings. The van der Waals surface area contributed by atoms with E-state index in [9.17, 15) is 5.11 Å². The molecule has 3 nitrogen and oxygen atoms in total. The normalized spacial score (nSPS) is 28.2. The SMILES string of the molecule is Cn1ccnc1S[C@H]1CCC[C@@H]1O. The van der Waals surface area contributed by atoms with Crippen molar-refractivity contribution in [3.8, 4) is 0 Å². The van der Waals surface area contributed by atoms with Crippen LogP contribution in [0, 0.1) is 0 Å². The van der Waals surface area contributed by atoms with Crippen LogP contribution in [0.5, 0.6) is 0 Å². The van der Waals surface area contributed by atoms with E-state index >= 15 is 0 Å². The van der Waals surface area contributed by atoms with Crippen LogP contribution in [0.4, 0.5) is 0 Å². The summed E-state index contributed by atoms with van der Waals surface area (Å²) in [5, 5.41) is 11.0. The van der Waals surface area contributed by atoms with Crippen LogP contribution < -0.4 is 0 Å². The third-order valence-corrected chi connectivity index (χ3v) is 3.91. The molecule has 1 aliphatic carbocycles. The van der Waals surface area contributed by atoms with Crippen LogP contribution in [0.1, 0.15) is 19.3 Å². The summed E-state index contributed by atoms with van der Waals surface area (Å²) in [7, 11) is 1.98. The van der Waals surface area contributed by atoms with Gasteiger partial charge in [-0.05, 0) is 19.3 Å². The maximum Gasteiger partial charge on any atom is 0.168 e. The third kappa shape index (κ3) is 1.89. The maximum atomic E-state index is 9.62. The molecule has 0 aromatic carbocycles. The summed E-state index contributed by atoms with van der Waals surface area (Å²) in [4.78, 5) is 4.23. The molecule has 0 amide bonds. The summed E-state index contributed by atoms with van der Waals surface area (Å²) in [5.74, 6) is 0. The molecule has 0 aliphatic heterocycles. The lowest BCUT2D eigenvalue weighted by atomic mass is 10.3. The molecular formula is C9H14N2OS. The molecule has 1 aromatic heterocycles. The minimum atomic E-state index is -0.137. The Morgan fingerprint density at radius 2 is 2.46 bits per heavy atom. The predicted octanol–water partition coefficient (Wildman–Crippen LogP) is 1.43. The van der Waals surface area contributed by atoms with Gasteiger partial charge in [0.1, 0.15) is 0 Å². The lowest BCUT2D eigenvalue weighted by Gasteiger charge is -2.12. The van der Waals surface area contributed by atoms with E-state index in [1.165, 1.54) is 0 Å². The summed E-state index contributed by atoms with van der Waals surface area (Å²) in [5.41, 5.74) is 0. The van der Waals surface area contributed by atoms with Crippen LogP contribution in [0.3, 0.4) is 0 Å². The van der Waals surface area contributed by atoms with Gasteiger partial charge in [0, 0.05) is 24.7 Å². The molecule has 0 radical (unpaired) electrons. The van der Waals surface area contributed by atoms with Crippen molar-refractivity contribution in [3.63, 3.8) is 0 Å². The van der Waals surface area contributed by atoms with Crippen LogP contribution >= 0.6 is 11.8 Å². The van der Waals surface area contributed by atoms with Crippen LogP contribution in [-0.2, 0) is 7.05 Å². The Labute approximate surface area is 82.2 Å². The first-order valence-electron chi connectivity index (χ1n) is 4.59. The summed E-state index contributed by atoms with van der Waals surface area (Å²) in [6, 6.07) is 0. The van der Waals surface area contributed by atoms with Gasteiger partial charge in [-0.15, -0.1) is 0 Å². The Hall–Kier alpha value is -0.480. The molecule has 4 heteroatoms. The molecule has 0 bridgehead atoms. The smallest absolute Gasteiger partial charge is 0.168 e. The highest BCUT2D eigenvalue weighted by Crippen LogP contribution is 2.33. The lowest BCUT2D eigenvalue weighted by molar-refractivity contribution is 0.188. The molecule has 0 spiro atoms. The number of thioether (sulfide) groups is 1. The van der Waals surface area contributed by atoms with Gasteiger partial charge in [0.05, 0.1) is 6.10 Å². The number of aliphatic hydroxyl groups is 1. The second-order valence-electron chi connectivity index (χ2n) is 3.48. The zero-order valence-corrected chi connectivity index (χ0v) is 8.50. The Kier molecular flexibility index (Phi) is 2.60. The molecule has 1 aromatic rings. The number of hydrogen-bond donors (Lipinski definition) is 1. The molecule has 2 rings (SSSR count). The fourth-order valence-corrected chi connectivity index (χ4v) is 2.84. The predicted molar refractivity (Wildman–Crippen MR) is 52.7 cm³/mol. The van der Waals surface area contributed by atoms with Crippen molar-refractivity contribution in [2.24, 2.45) is 7.05 Å². The molecule has 1 saturated carbocycles. The van der Waals surface area contributed by atoms with Crippen molar-refractivity contribution in [2.75, 3.05) is 0 Å². The number of hydrogen-bond acceptors (Lipinski definition) is 3. The molecule has 1 N–H and O–H groups in total. The van der Waals surface area contributed by atoms with Gasteiger partial charge in [0.25, 0.3) is 0 Å². The maximum absolute atomic E-state index is 9.62. The minimum Gasteiger partial charge on any atom is -0.392 e. The number of aryl methyl sites for hydroxylation is 1. The van der Waals surface area contributed by atoms with Gasteiger partial charge >= 0.3 is 0 Å². The minimum absolute atomic E-state index is 0.137. The van der Waals surface area contributed by atoms with Gasteiger partial charge in [-0.1, -0.05) is 11.8 Å². The van der Waals surface area contributed by atoms with E-state index in [1.54, 1.807) is 18.0 Å². The standard InChI is InChI=1S/C9H14N2OS/c1-11-6-5-10-9(11)13-8-4-2-3-7(8)12/h5-8,12H,2-4H2,1H3/t7-,8-/m0/s1. The molecule has 13 heavy (non-hydrogen) atoms. The highest BCUT2D eigenvalue weighted by Gasteiger charge is 2.27. The van der Waals surface area contributed by atoms with Gasteiger partial charge in [0.15, 0.2) is 5.16 Å². The quantitative estimate of drug-likeness (QED) is 0.781. The number of rotatable bonds is 2. The monoisotopic (exact) mass is 198 g/mol. The second kappa shape index (κ2) is 3.72. The molecule has 72 valence electrons. The molecule has 1 fully saturated rings. The lowest BCUT2D eigenvalue weighted by Crippen LogP contribution is -2.15. The Morgan fingerprint density at radius 3 is 3.00 bits per heavy atom. The molecule has 2 atom stereocenters. The molecule has 1 heterocycles. The van der Waals surface area contributed by atoms with Crippen molar-refractivity contribution in [3.05, 3.63) is 12.4 Å². The average molecular weight is 198 g/mol. The molecule has 0 saturated heterocycles. The van der Waals surface area contributed by atoms with Crippen LogP contribution in [-0.4, -0.2) is 26.0 Å². The largest absolute Gasteiger partial charge is 0.392 e. The van der Waals surface area contributed by atoms with Gasteiger partial charge in [0.2, 0.25) is 0 Å². The summed E-state index contributed by atoms with van der Waals surface area (Å²) >= 11 is 1.69. The first-order valence-corrected chi connectivity index (χ1v) is 5.47. The Balaban J connectivity index is 2.01. The third-order valence-electron chi connectivity index (χ3n) is 2.45. The topological polar surface area (TPSA) is 38.0 Å². The van der Waals surface area contributed by atoms with E-state index < -0.39 is 0 Å². The van der Waals surface area contributed by atoms with Gasteiger partial charge in [-0.25, -0.2) is 4.98 Å². The number of nitrogens with zero attached hydrogens (tertiary/aromatic N) is 2. The first-order chi connectivity index (χ1) is 6.27.